The average Bonchev–Trinajstić information content (AvgIpc) is 1.98. The maximum Gasteiger partial charge on any atom is 0.147 e. The second kappa shape index (κ2) is 1.67. The van der Waals surface area contributed by atoms with Gasteiger partial charge >= 0.3 is 0 Å². The van der Waals surface area contributed by atoms with Gasteiger partial charge in [0.15, 0.2) is 0 Å². The lowest BCUT2D eigenvalue weighted by molar-refractivity contribution is 1.05. The number of H-pyrrole nitrogens is 1. The van der Waals surface area contributed by atoms with Gasteiger partial charge in [-0.05, 0) is 6.92 Å². The van der Waals surface area contributed by atoms with E-state index in [1.54, 1.807) is 6.92 Å². The monoisotopic (exact) mass is 131 g/mol. The van der Waals surface area contributed by atoms with Gasteiger partial charge in [0.1, 0.15) is 5.15 Å². The van der Waals surface area contributed by atoms with Crippen molar-refractivity contribution in [1.29, 1.82) is 0 Å². The van der Waals surface area contributed by atoms with Gasteiger partial charge in [0.2, 0.25) is 0 Å². The van der Waals surface area contributed by atoms with Crippen LogP contribution in [0.25, 0.3) is 0 Å². The molecule has 0 saturated carbocycles. The van der Waals surface area contributed by atoms with Gasteiger partial charge in [0, 0.05) is 0 Å². The Labute approximate surface area is 51.8 Å². The molecule has 3 nitrogen and oxygen atoms in total. The molecule has 0 saturated heterocycles. The van der Waals surface area contributed by atoms with Crippen molar-refractivity contribution in [2.75, 3.05) is 5.73 Å². The van der Waals surface area contributed by atoms with E-state index in [4.69, 9.17) is 17.3 Å². The molecule has 1 rings (SSSR count). The lowest BCUT2D eigenvalue weighted by Gasteiger charge is -1.82. The fourth-order valence-corrected chi connectivity index (χ4v) is 0.591. The third kappa shape index (κ3) is 0.648. The predicted octanol–water partition coefficient (Wildman–Crippen LogP) is 0.954. The van der Waals surface area contributed by atoms with Crippen LogP contribution in [0.3, 0.4) is 0 Å². The van der Waals surface area contributed by atoms with Crippen LogP contribution in [0, 0.1) is 6.92 Å². The summed E-state index contributed by atoms with van der Waals surface area (Å²) in [6, 6.07) is 0. The number of hydrogen-bond acceptors (Lipinski definition) is 2. The summed E-state index contributed by atoms with van der Waals surface area (Å²) in [4.78, 5) is 0. The first-order chi connectivity index (χ1) is 3.72. The largest absolute Gasteiger partial charge is 0.395 e. The molecule has 0 aromatic carbocycles. The Kier molecular flexibility index (Phi) is 1.13. The van der Waals surface area contributed by atoms with E-state index in [0.717, 1.165) is 5.69 Å². The van der Waals surface area contributed by atoms with Gasteiger partial charge in [0.05, 0.1) is 11.4 Å². The molecule has 1 heterocycles. The highest BCUT2D eigenvalue weighted by Gasteiger charge is 1.99. The molecule has 8 heavy (non-hydrogen) atoms. The lowest BCUT2D eigenvalue weighted by atomic mass is 10.4. The highest BCUT2D eigenvalue weighted by atomic mass is 35.5. The number of aryl methyl sites for hydroxylation is 1. The molecule has 0 radical (unpaired) electrons. The molecular weight excluding hydrogens is 126 g/mol. The summed E-state index contributed by atoms with van der Waals surface area (Å²) < 4.78 is 0. The number of hydrogen-bond donors (Lipinski definition) is 2. The highest BCUT2D eigenvalue weighted by molar-refractivity contribution is 6.31. The third-order valence-electron chi connectivity index (χ3n) is 0.948. The van der Waals surface area contributed by atoms with E-state index in [1.807, 2.05) is 0 Å². The fourth-order valence-electron chi connectivity index (χ4n) is 0.412. The number of anilines is 1. The molecule has 0 aliphatic carbocycles. The molecule has 0 aliphatic heterocycles. The minimum Gasteiger partial charge on any atom is -0.395 e. The number of nitrogens with one attached hydrogen (secondary N) is 1. The summed E-state index contributed by atoms with van der Waals surface area (Å²) in [5, 5.41) is 6.68. The first-order valence-electron chi connectivity index (χ1n) is 2.17. The van der Waals surface area contributed by atoms with Crippen LogP contribution in [0.2, 0.25) is 5.15 Å². The number of aromatic nitrogens is 2. The zero-order valence-electron chi connectivity index (χ0n) is 4.40. The van der Waals surface area contributed by atoms with Crippen molar-refractivity contribution >= 4 is 17.3 Å². The van der Waals surface area contributed by atoms with Crippen molar-refractivity contribution in [2.45, 2.75) is 6.92 Å². The van der Waals surface area contributed by atoms with Gasteiger partial charge in [-0.15, -0.1) is 0 Å². The van der Waals surface area contributed by atoms with Crippen molar-refractivity contribution in [3.63, 3.8) is 0 Å². The van der Waals surface area contributed by atoms with Gasteiger partial charge in [0.25, 0.3) is 0 Å². The minimum absolute atomic E-state index is 0.419. The zero-order chi connectivity index (χ0) is 6.15. The molecule has 1 aromatic heterocycles. The van der Waals surface area contributed by atoms with E-state index in [9.17, 15) is 0 Å². The fraction of sp³-hybridized carbons (Fsp3) is 0.250. The van der Waals surface area contributed by atoms with Crippen molar-refractivity contribution in [2.24, 2.45) is 0 Å². The summed E-state index contributed by atoms with van der Waals surface area (Å²) >= 11 is 5.49. The Bertz CT molecular complexity index is 174. The van der Waals surface area contributed by atoms with Crippen LogP contribution < -0.4 is 5.73 Å². The molecule has 3 N–H and O–H groups in total. The molecule has 0 amide bonds. The SMILES string of the molecule is Cc1n[nH]c(Cl)c1N. The van der Waals surface area contributed by atoms with E-state index in [2.05, 4.69) is 10.2 Å². The molecule has 44 valence electrons. The maximum atomic E-state index is 5.49. The number of nitrogens with zero attached hydrogens (tertiary/aromatic N) is 1. The maximum absolute atomic E-state index is 5.49. The summed E-state index contributed by atoms with van der Waals surface area (Å²) in [6.45, 7) is 1.79. The molecular formula is C4H6ClN3. The second-order valence-electron chi connectivity index (χ2n) is 1.54. The molecule has 0 fully saturated rings. The van der Waals surface area contributed by atoms with Crippen molar-refractivity contribution in [3.05, 3.63) is 10.8 Å². The first-order valence-corrected chi connectivity index (χ1v) is 2.55. The number of nitrogens with two attached hydrogens (primary N) is 1. The Balaban J connectivity index is 3.19. The summed E-state index contributed by atoms with van der Waals surface area (Å²) in [7, 11) is 0. The molecule has 0 atom stereocenters. The van der Waals surface area contributed by atoms with Crippen LogP contribution in [-0.2, 0) is 0 Å². The lowest BCUT2D eigenvalue weighted by Crippen LogP contribution is -1.83. The Morgan fingerprint density at radius 1 is 1.75 bits per heavy atom. The summed E-state index contributed by atoms with van der Waals surface area (Å²) in [5.74, 6) is 0. The Morgan fingerprint density at radius 2 is 2.38 bits per heavy atom. The second-order valence-corrected chi connectivity index (χ2v) is 1.91. The minimum atomic E-state index is 0.419. The highest BCUT2D eigenvalue weighted by Crippen LogP contribution is 2.16. The summed E-state index contributed by atoms with van der Waals surface area (Å²) in [6.07, 6.45) is 0. The van der Waals surface area contributed by atoms with E-state index < -0.39 is 0 Å². The summed E-state index contributed by atoms with van der Waals surface area (Å²) in [5.41, 5.74) is 6.66. The van der Waals surface area contributed by atoms with Crippen LogP contribution in [-0.4, -0.2) is 10.2 Å². The van der Waals surface area contributed by atoms with E-state index >= 15 is 0 Å². The Morgan fingerprint density at radius 3 is 2.50 bits per heavy atom. The van der Waals surface area contributed by atoms with Gasteiger partial charge in [-0.3, -0.25) is 5.10 Å². The van der Waals surface area contributed by atoms with Gasteiger partial charge in [-0.2, -0.15) is 5.10 Å². The number of rotatable bonds is 0. The number of halogens is 1. The molecule has 0 spiro atoms. The molecule has 0 unspecified atom stereocenters. The van der Waals surface area contributed by atoms with E-state index in [1.165, 1.54) is 0 Å². The van der Waals surface area contributed by atoms with E-state index in [0.29, 0.717) is 10.8 Å². The quantitative estimate of drug-likeness (QED) is 0.551. The van der Waals surface area contributed by atoms with Crippen LogP contribution >= 0.6 is 11.6 Å². The standard InChI is InChI=1S/C4H6ClN3/c1-2-3(6)4(5)8-7-2/h6H2,1H3,(H,7,8). The molecule has 4 heteroatoms. The number of aromatic amines is 1. The van der Waals surface area contributed by atoms with Crippen molar-refractivity contribution in [3.8, 4) is 0 Å². The predicted molar refractivity (Wildman–Crippen MR) is 32.7 cm³/mol. The van der Waals surface area contributed by atoms with Crippen LogP contribution in [0.1, 0.15) is 5.69 Å². The average molecular weight is 132 g/mol. The van der Waals surface area contributed by atoms with Gasteiger partial charge < -0.3 is 5.73 Å². The van der Waals surface area contributed by atoms with Gasteiger partial charge in [-0.1, -0.05) is 11.6 Å². The zero-order valence-corrected chi connectivity index (χ0v) is 5.16. The van der Waals surface area contributed by atoms with Crippen molar-refractivity contribution < 1.29 is 0 Å². The molecule has 0 bridgehead atoms. The van der Waals surface area contributed by atoms with Crippen molar-refractivity contribution in [1.82, 2.24) is 10.2 Å². The number of nitrogen functional groups attached to an aromatic ring is 1. The molecule has 0 aliphatic rings. The first kappa shape index (κ1) is 5.44. The normalized spacial score (nSPS) is 9.75. The van der Waals surface area contributed by atoms with Crippen LogP contribution in [0.5, 0.6) is 0 Å². The van der Waals surface area contributed by atoms with Crippen LogP contribution in [0.15, 0.2) is 0 Å². The van der Waals surface area contributed by atoms with E-state index in [-0.39, 0.29) is 0 Å². The topological polar surface area (TPSA) is 54.7 Å². The van der Waals surface area contributed by atoms with Gasteiger partial charge in [-0.25, -0.2) is 0 Å². The Hall–Kier alpha value is -0.700. The van der Waals surface area contributed by atoms with Crippen LogP contribution in [0.4, 0.5) is 5.69 Å². The molecule has 1 aromatic rings. The third-order valence-corrected chi connectivity index (χ3v) is 1.24. The smallest absolute Gasteiger partial charge is 0.147 e.